The van der Waals surface area contributed by atoms with Gasteiger partial charge in [-0.15, -0.1) is 0 Å². The highest BCUT2D eigenvalue weighted by Crippen LogP contribution is 2.23. The second-order valence-electron chi connectivity index (χ2n) is 4.16. The molecule has 0 atom stereocenters. The lowest BCUT2D eigenvalue weighted by molar-refractivity contribution is 0.597. The van der Waals surface area contributed by atoms with Gasteiger partial charge < -0.3 is 0 Å². The van der Waals surface area contributed by atoms with Crippen molar-refractivity contribution in [3.63, 3.8) is 0 Å². The minimum atomic E-state index is -3.86. The van der Waals surface area contributed by atoms with Gasteiger partial charge in [-0.05, 0) is 32.0 Å². The topological polar surface area (TPSA) is 64.0 Å². The summed E-state index contributed by atoms with van der Waals surface area (Å²) in [5, 5.41) is 4.07. The van der Waals surface area contributed by atoms with E-state index in [-0.39, 0.29) is 10.6 Å². The van der Waals surface area contributed by atoms with Crippen molar-refractivity contribution in [2.45, 2.75) is 25.3 Å². The Labute approximate surface area is 125 Å². The number of anilines is 1. The van der Waals surface area contributed by atoms with Crippen molar-refractivity contribution < 1.29 is 12.8 Å². The monoisotopic (exact) mass is 361 g/mol. The highest BCUT2D eigenvalue weighted by Gasteiger charge is 2.21. The Morgan fingerprint density at radius 3 is 2.70 bits per heavy atom. The van der Waals surface area contributed by atoms with E-state index < -0.39 is 15.8 Å². The van der Waals surface area contributed by atoms with Crippen molar-refractivity contribution in [1.82, 2.24) is 9.78 Å². The number of sulfonamides is 1. The predicted molar refractivity (Wildman–Crippen MR) is 77.5 cm³/mol. The third kappa shape index (κ3) is 3.01. The van der Waals surface area contributed by atoms with Gasteiger partial charge in [-0.3, -0.25) is 9.40 Å². The lowest BCUT2D eigenvalue weighted by Crippen LogP contribution is -2.14. The molecule has 0 aliphatic rings. The smallest absolute Gasteiger partial charge is 0.265 e. The molecule has 20 heavy (non-hydrogen) atoms. The van der Waals surface area contributed by atoms with Crippen molar-refractivity contribution in [2.75, 3.05) is 4.72 Å². The first-order chi connectivity index (χ1) is 9.33. The van der Waals surface area contributed by atoms with E-state index >= 15 is 0 Å². The molecule has 5 nitrogen and oxygen atoms in total. The molecule has 0 fully saturated rings. The molecule has 0 radical (unpaired) electrons. The van der Waals surface area contributed by atoms with Gasteiger partial charge in [-0.1, -0.05) is 15.9 Å². The maximum absolute atomic E-state index is 13.7. The predicted octanol–water partition coefficient (Wildman–Crippen LogP) is 2.91. The Morgan fingerprint density at radius 1 is 1.45 bits per heavy atom. The highest BCUT2D eigenvalue weighted by atomic mass is 79.9. The number of rotatable bonds is 4. The molecule has 0 spiro atoms. The third-order valence-corrected chi connectivity index (χ3v) is 4.65. The van der Waals surface area contributed by atoms with Gasteiger partial charge in [0.25, 0.3) is 10.0 Å². The van der Waals surface area contributed by atoms with Gasteiger partial charge in [0.1, 0.15) is 10.7 Å². The zero-order valence-corrected chi connectivity index (χ0v) is 13.3. The number of hydrogen-bond donors (Lipinski definition) is 1. The average molecular weight is 362 g/mol. The number of nitrogens with zero attached hydrogens (tertiary/aromatic N) is 2. The summed E-state index contributed by atoms with van der Waals surface area (Å²) < 4.78 is 42.5. The molecule has 1 heterocycles. The molecule has 0 aliphatic heterocycles. The molecular formula is C12H13BrFN3O2S. The minimum Gasteiger partial charge on any atom is -0.277 e. The summed E-state index contributed by atoms with van der Waals surface area (Å²) in [6, 6.07) is 4.11. The first kappa shape index (κ1) is 15.0. The van der Waals surface area contributed by atoms with Crippen molar-refractivity contribution in [3.8, 4) is 0 Å². The Hall–Kier alpha value is -1.41. The number of aryl methyl sites for hydroxylation is 2. The zero-order valence-electron chi connectivity index (χ0n) is 10.9. The van der Waals surface area contributed by atoms with Crippen LogP contribution in [-0.2, 0) is 16.6 Å². The molecular weight excluding hydrogens is 349 g/mol. The Kier molecular flexibility index (Phi) is 4.14. The van der Waals surface area contributed by atoms with E-state index in [1.54, 1.807) is 13.0 Å². The van der Waals surface area contributed by atoms with E-state index in [1.807, 2.05) is 6.92 Å². The lowest BCUT2D eigenvalue weighted by Gasteiger charge is -2.08. The van der Waals surface area contributed by atoms with Gasteiger partial charge in [-0.2, -0.15) is 5.10 Å². The van der Waals surface area contributed by atoms with E-state index in [0.717, 1.165) is 0 Å². The molecule has 8 heteroatoms. The van der Waals surface area contributed by atoms with Crippen LogP contribution >= 0.6 is 15.9 Å². The first-order valence-electron chi connectivity index (χ1n) is 5.85. The van der Waals surface area contributed by atoms with Crippen molar-refractivity contribution in [3.05, 3.63) is 40.4 Å². The summed E-state index contributed by atoms with van der Waals surface area (Å²) in [6.45, 7) is 4.01. The number of aromatic nitrogens is 2. The van der Waals surface area contributed by atoms with E-state index in [1.165, 1.54) is 23.0 Å². The lowest BCUT2D eigenvalue weighted by atomic mass is 10.3. The summed E-state index contributed by atoms with van der Waals surface area (Å²) in [5.41, 5.74) is 0.272. The Balaban J connectivity index is 2.38. The maximum atomic E-state index is 13.7. The van der Waals surface area contributed by atoms with Crippen LogP contribution in [0.5, 0.6) is 0 Å². The van der Waals surface area contributed by atoms with Crippen LogP contribution in [0.1, 0.15) is 12.6 Å². The molecule has 1 aromatic carbocycles. The second-order valence-corrected chi connectivity index (χ2v) is 6.73. The molecule has 2 rings (SSSR count). The standard InChI is InChI=1S/C12H13BrFN3O2S/c1-3-17-7-12(8(2)15-17)20(18,19)16-11-5-4-9(13)6-10(11)14/h4-7,16H,3H2,1-2H3. The van der Waals surface area contributed by atoms with Crippen LogP contribution in [0, 0.1) is 12.7 Å². The second kappa shape index (κ2) is 5.53. The molecule has 0 unspecified atom stereocenters. The molecule has 0 amide bonds. The first-order valence-corrected chi connectivity index (χ1v) is 8.13. The number of benzene rings is 1. The third-order valence-electron chi connectivity index (χ3n) is 2.69. The summed E-state index contributed by atoms with van der Waals surface area (Å²) in [4.78, 5) is 0.0432. The van der Waals surface area contributed by atoms with Crippen molar-refractivity contribution in [2.24, 2.45) is 0 Å². The fraction of sp³-hybridized carbons (Fsp3) is 0.250. The van der Waals surface area contributed by atoms with Crippen LogP contribution in [-0.4, -0.2) is 18.2 Å². The van der Waals surface area contributed by atoms with Crippen LogP contribution in [0.2, 0.25) is 0 Å². The number of halogens is 2. The van der Waals surface area contributed by atoms with Crippen LogP contribution in [0.3, 0.4) is 0 Å². The molecule has 2 aromatic rings. The quantitative estimate of drug-likeness (QED) is 0.910. The largest absolute Gasteiger partial charge is 0.277 e. The summed E-state index contributed by atoms with van der Waals surface area (Å²) in [5.74, 6) is -0.650. The zero-order chi connectivity index (χ0) is 14.9. The van der Waals surface area contributed by atoms with Crippen LogP contribution in [0.25, 0.3) is 0 Å². The Morgan fingerprint density at radius 2 is 2.15 bits per heavy atom. The van der Waals surface area contributed by atoms with Gasteiger partial charge in [0.15, 0.2) is 0 Å². The molecule has 108 valence electrons. The van der Waals surface area contributed by atoms with Crippen LogP contribution < -0.4 is 4.72 Å². The van der Waals surface area contributed by atoms with Crippen molar-refractivity contribution >= 4 is 31.6 Å². The van der Waals surface area contributed by atoms with Crippen molar-refractivity contribution in [1.29, 1.82) is 0 Å². The van der Waals surface area contributed by atoms with E-state index in [2.05, 4.69) is 25.8 Å². The Bertz CT molecular complexity index is 743. The number of nitrogens with one attached hydrogen (secondary N) is 1. The molecule has 0 saturated heterocycles. The van der Waals surface area contributed by atoms with Crippen LogP contribution in [0.15, 0.2) is 33.8 Å². The molecule has 1 N–H and O–H groups in total. The SMILES string of the molecule is CCn1cc(S(=O)(=O)Nc2ccc(Br)cc2F)c(C)n1. The van der Waals surface area contributed by atoms with E-state index in [9.17, 15) is 12.8 Å². The van der Waals surface area contributed by atoms with Gasteiger partial charge in [-0.25, -0.2) is 12.8 Å². The van der Waals surface area contributed by atoms with Gasteiger partial charge in [0, 0.05) is 17.2 Å². The summed E-state index contributed by atoms with van der Waals surface area (Å²) >= 11 is 3.11. The minimum absolute atomic E-state index is 0.0432. The summed E-state index contributed by atoms with van der Waals surface area (Å²) in [7, 11) is -3.86. The van der Waals surface area contributed by atoms with Gasteiger partial charge >= 0.3 is 0 Å². The summed E-state index contributed by atoms with van der Waals surface area (Å²) in [6.07, 6.45) is 1.43. The fourth-order valence-electron chi connectivity index (χ4n) is 1.70. The normalized spacial score (nSPS) is 11.6. The molecule has 0 saturated carbocycles. The highest BCUT2D eigenvalue weighted by molar-refractivity contribution is 9.10. The van der Waals surface area contributed by atoms with E-state index in [4.69, 9.17) is 0 Å². The van der Waals surface area contributed by atoms with Crippen LogP contribution in [0.4, 0.5) is 10.1 Å². The van der Waals surface area contributed by atoms with Gasteiger partial charge in [0.2, 0.25) is 0 Å². The average Bonchev–Trinajstić information content (AvgIpc) is 2.75. The van der Waals surface area contributed by atoms with E-state index in [0.29, 0.717) is 16.7 Å². The molecule has 1 aromatic heterocycles. The number of hydrogen-bond acceptors (Lipinski definition) is 3. The maximum Gasteiger partial charge on any atom is 0.265 e. The fourth-order valence-corrected chi connectivity index (χ4v) is 3.29. The van der Waals surface area contributed by atoms with Gasteiger partial charge in [0.05, 0.1) is 11.4 Å². The molecule has 0 aliphatic carbocycles. The molecule has 0 bridgehead atoms.